The zero-order chi connectivity index (χ0) is 23.9. The van der Waals surface area contributed by atoms with Gasteiger partial charge in [-0.1, -0.05) is 60.1 Å². The van der Waals surface area contributed by atoms with Crippen molar-refractivity contribution in [1.29, 1.82) is 0 Å². The van der Waals surface area contributed by atoms with Crippen molar-refractivity contribution in [2.45, 2.75) is 13.0 Å². The molecule has 35 heavy (non-hydrogen) atoms. The Labute approximate surface area is 206 Å². The van der Waals surface area contributed by atoms with Crippen LogP contribution in [0.5, 0.6) is 0 Å². The van der Waals surface area contributed by atoms with Gasteiger partial charge in [0.15, 0.2) is 5.65 Å². The van der Waals surface area contributed by atoms with Crippen molar-refractivity contribution in [3.63, 3.8) is 0 Å². The first-order chi connectivity index (χ1) is 17.1. The van der Waals surface area contributed by atoms with E-state index in [2.05, 4.69) is 11.1 Å². The molecule has 7 heteroatoms. The van der Waals surface area contributed by atoms with E-state index in [1.165, 1.54) is 11.6 Å². The molecule has 3 heterocycles. The summed E-state index contributed by atoms with van der Waals surface area (Å²) in [6, 6.07) is 25.3. The van der Waals surface area contributed by atoms with Crippen LogP contribution in [0.1, 0.15) is 21.6 Å². The van der Waals surface area contributed by atoms with Crippen molar-refractivity contribution in [3.05, 3.63) is 113 Å². The predicted octanol–water partition coefficient (Wildman–Crippen LogP) is 6.05. The quantitative estimate of drug-likeness (QED) is 0.314. The van der Waals surface area contributed by atoms with Crippen molar-refractivity contribution >= 4 is 23.2 Å². The average molecular weight is 483 g/mol. The van der Waals surface area contributed by atoms with Gasteiger partial charge in [0.2, 0.25) is 0 Å². The van der Waals surface area contributed by atoms with Gasteiger partial charge in [0.1, 0.15) is 11.5 Å². The Kier molecular flexibility index (Phi) is 5.30. The summed E-state index contributed by atoms with van der Waals surface area (Å²) in [5, 5.41) is 5.32. The number of halogens is 2. The molecule has 5 aromatic rings. The highest BCUT2D eigenvalue weighted by molar-refractivity contribution is 6.30. The van der Waals surface area contributed by atoms with Gasteiger partial charge in [-0.15, -0.1) is 0 Å². The topological polar surface area (TPSA) is 50.5 Å². The second-order valence-electron chi connectivity index (χ2n) is 8.56. The first-order valence-electron chi connectivity index (χ1n) is 11.3. The number of carbonyl (C=O) groups is 1. The predicted molar refractivity (Wildman–Crippen MR) is 134 cm³/mol. The fourth-order valence-electron chi connectivity index (χ4n) is 4.53. The molecule has 0 N–H and O–H groups in total. The van der Waals surface area contributed by atoms with Crippen LogP contribution in [0.15, 0.2) is 84.9 Å². The van der Waals surface area contributed by atoms with Crippen molar-refractivity contribution in [3.8, 4) is 22.5 Å². The summed E-state index contributed by atoms with van der Waals surface area (Å²) in [6.07, 6.45) is 0.783. The van der Waals surface area contributed by atoms with Gasteiger partial charge in [-0.25, -0.2) is 13.9 Å². The average Bonchev–Trinajstić information content (AvgIpc) is 3.32. The third kappa shape index (κ3) is 3.96. The van der Waals surface area contributed by atoms with E-state index in [0.29, 0.717) is 46.4 Å². The van der Waals surface area contributed by atoms with Gasteiger partial charge >= 0.3 is 0 Å². The molecule has 2 aromatic heterocycles. The number of hydrogen-bond acceptors (Lipinski definition) is 3. The number of carbonyl (C=O) groups excluding carboxylic acids is 1. The van der Waals surface area contributed by atoms with Crippen LogP contribution in [-0.2, 0) is 13.0 Å². The molecule has 0 atom stereocenters. The zero-order valence-electron chi connectivity index (χ0n) is 18.7. The van der Waals surface area contributed by atoms with E-state index in [1.807, 2.05) is 35.2 Å². The smallest absolute Gasteiger partial charge is 0.272 e. The summed E-state index contributed by atoms with van der Waals surface area (Å²) in [7, 11) is 0. The summed E-state index contributed by atoms with van der Waals surface area (Å²) in [5.74, 6) is -0.567. The van der Waals surface area contributed by atoms with Gasteiger partial charge < -0.3 is 4.90 Å². The molecule has 0 radical (unpaired) electrons. The first kappa shape index (κ1) is 21.5. The fourth-order valence-corrected chi connectivity index (χ4v) is 4.65. The van der Waals surface area contributed by atoms with Crippen LogP contribution in [0.3, 0.4) is 0 Å². The largest absolute Gasteiger partial charge is 0.333 e. The zero-order valence-corrected chi connectivity index (χ0v) is 19.4. The van der Waals surface area contributed by atoms with Gasteiger partial charge in [0.25, 0.3) is 5.91 Å². The molecule has 172 valence electrons. The molecule has 0 unspecified atom stereocenters. The lowest BCUT2D eigenvalue weighted by Crippen LogP contribution is -2.37. The van der Waals surface area contributed by atoms with Gasteiger partial charge in [-0.05, 0) is 47.9 Å². The normalized spacial score (nSPS) is 13.1. The Morgan fingerprint density at radius 1 is 0.886 bits per heavy atom. The lowest BCUT2D eigenvalue weighted by atomic mass is 9.99. The molecule has 0 fully saturated rings. The molecule has 5 nitrogen and oxygen atoms in total. The second kappa shape index (κ2) is 8.64. The van der Waals surface area contributed by atoms with E-state index in [1.54, 1.807) is 47.0 Å². The Hall–Kier alpha value is -4.03. The minimum Gasteiger partial charge on any atom is -0.333 e. The molecular weight excluding hydrogens is 463 g/mol. The maximum atomic E-state index is 14.7. The SMILES string of the molecule is O=C(c1cc(-c2ccccc2F)nc2cc(-c3ccc(Cl)cc3)nn12)N1CCc2ccccc2C1. The molecule has 0 saturated heterocycles. The fraction of sp³-hybridized carbons (Fsp3) is 0.107. The van der Waals surface area contributed by atoms with Gasteiger partial charge in [0, 0.05) is 35.3 Å². The number of fused-ring (bicyclic) bond motifs is 2. The highest BCUT2D eigenvalue weighted by Gasteiger charge is 2.25. The third-order valence-electron chi connectivity index (χ3n) is 6.35. The van der Waals surface area contributed by atoms with E-state index < -0.39 is 5.82 Å². The number of aromatic nitrogens is 3. The van der Waals surface area contributed by atoms with Crippen molar-refractivity contribution in [2.75, 3.05) is 6.54 Å². The molecule has 0 bridgehead atoms. The molecule has 6 rings (SSSR count). The van der Waals surface area contributed by atoms with Crippen LogP contribution in [0.2, 0.25) is 5.02 Å². The molecule has 1 amide bonds. The first-order valence-corrected chi connectivity index (χ1v) is 11.7. The number of nitrogens with zero attached hydrogens (tertiary/aromatic N) is 4. The maximum absolute atomic E-state index is 14.7. The monoisotopic (exact) mass is 482 g/mol. The number of amides is 1. The van der Waals surface area contributed by atoms with Crippen molar-refractivity contribution in [1.82, 2.24) is 19.5 Å². The highest BCUT2D eigenvalue weighted by Crippen LogP contribution is 2.28. The maximum Gasteiger partial charge on any atom is 0.272 e. The Bertz CT molecular complexity index is 1580. The third-order valence-corrected chi connectivity index (χ3v) is 6.61. The van der Waals surface area contributed by atoms with Crippen molar-refractivity contribution in [2.24, 2.45) is 0 Å². The Morgan fingerprint density at radius 2 is 1.63 bits per heavy atom. The van der Waals surface area contributed by atoms with E-state index in [0.717, 1.165) is 17.5 Å². The minimum absolute atomic E-state index is 0.171. The standard InChI is InChI=1S/C28H20ClFN4O/c29-21-11-9-19(10-12-21)24-16-27-31-25(22-7-3-4-8-23(22)30)15-26(34(27)32-24)28(35)33-14-13-18-5-1-2-6-20(18)17-33/h1-12,15-16H,13-14,17H2. The van der Waals surface area contributed by atoms with E-state index in [9.17, 15) is 9.18 Å². The summed E-state index contributed by atoms with van der Waals surface area (Å²) >= 11 is 6.05. The molecule has 1 aliphatic rings. The number of hydrogen-bond donors (Lipinski definition) is 0. The summed E-state index contributed by atoms with van der Waals surface area (Å²) in [4.78, 5) is 20.3. The Morgan fingerprint density at radius 3 is 2.43 bits per heavy atom. The lowest BCUT2D eigenvalue weighted by Gasteiger charge is -2.29. The van der Waals surface area contributed by atoms with Gasteiger partial charge in [0.05, 0.1) is 11.4 Å². The summed E-state index contributed by atoms with van der Waals surface area (Å²) in [6.45, 7) is 1.11. The highest BCUT2D eigenvalue weighted by atomic mass is 35.5. The molecule has 3 aromatic carbocycles. The number of benzene rings is 3. The molecule has 1 aliphatic heterocycles. The van der Waals surface area contributed by atoms with Gasteiger partial charge in [-0.3, -0.25) is 4.79 Å². The van der Waals surface area contributed by atoms with E-state index in [-0.39, 0.29) is 5.91 Å². The molecular formula is C28H20ClFN4O. The van der Waals surface area contributed by atoms with E-state index in [4.69, 9.17) is 16.7 Å². The molecule has 0 saturated carbocycles. The van der Waals surface area contributed by atoms with Crippen molar-refractivity contribution < 1.29 is 9.18 Å². The second-order valence-corrected chi connectivity index (χ2v) is 8.99. The van der Waals surface area contributed by atoms with E-state index >= 15 is 0 Å². The summed E-state index contributed by atoms with van der Waals surface area (Å²) < 4.78 is 16.2. The van der Waals surface area contributed by atoms with Crippen LogP contribution in [-0.4, -0.2) is 31.9 Å². The number of rotatable bonds is 3. The van der Waals surface area contributed by atoms with Crippen LogP contribution < -0.4 is 0 Å². The minimum atomic E-state index is -0.396. The van der Waals surface area contributed by atoms with Gasteiger partial charge in [-0.2, -0.15) is 5.10 Å². The van der Waals surface area contributed by atoms with Crippen LogP contribution in [0.25, 0.3) is 28.2 Å². The molecule has 0 spiro atoms. The van der Waals surface area contributed by atoms with Crippen LogP contribution in [0.4, 0.5) is 4.39 Å². The van der Waals surface area contributed by atoms with Crippen LogP contribution in [0, 0.1) is 5.82 Å². The lowest BCUT2D eigenvalue weighted by molar-refractivity contribution is 0.0725. The molecule has 0 aliphatic carbocycles. The summed E-state index contributed by atoms with van der Waals surface area (Å²) in [5.41, 5.74) is 5.42. The van der Waals surface area contributed by atoms with Crippen LogP contribution >= 0.6 is 11.6 Å². The Balaban J connectivity index is 1.49.